The van der Waals surface area contributed by atoms with Gasteiger partial charge in [0.2, 0.25) is 0 Å². The largest absolute Gasteiger partial charge is 0.493 e. The van der Waals surface area contributed by atoms with Gasteiger partial charge in [-0.1, -0.05) is 13.0 Å². The third-order valence-corrected chi connectivity index (χ3v) is 3.81. The maximum Gasteiger partial charge on any atom is 0.122 e. The minimum atomic E-state index is 0.265. The Labute approximate surface area is 111 Å². The Morgan fingerprint density at radius 2 is 2.00 bits per heavy atom. The van der Waals surface area contributed by atoms with Crippen LogP contribution in [-0.4, -0.2) is 12.6 Å². The first-order chi connectivity index (χ1) is 8.60. The van der Waals surface area contributed by atoms with Gasteiger partial charge in [0.25, 0.3) is 0 Å². The molecular weight excluding hydrogens is 222 g/mol. The number of nitrogens with two attached hydrogens (primary N) is 1. The van der Waals surface area contributed by atoms with Gasteiger partial charge >= 0.3 is 0 Å². The second-order valence-corrected chi connectivity index (χ2v) is 5.67. The molecule has 0 amide bonds. The van der Waals surface area contributed by atoms with Gasteiger partial charge in [0.05, 0.1) is 6.61 Å². The number of rotatable bonds is 6. The highest BCUT2D eigenvalue weighted by atomic mass is 16.5. The highest BCUT2D eigenvalue weighted by Crippen LogP contribution is 2.31. The first-order valence-corrected chi connectivity index (χ1v) is 7.08. The van der Waals surface area contributed by atoms with E-state index in [-0.39, 0.29) is 6.04 Å². The summed E-state index contributed by atoms with van der Waals surface area (Å²) in [5.41, 5.74) is 9.94. The third kappa shape index (κ3) is 3.49. The van der Waals surface area contributed by atoms with Crippen molar-refractivity contribution in [3.8, 4) is 5.75 Å². The first kappa shape index (κ1) is 13.4. The Hall–Kier alpha value is -1.02. The maximum absolute atomic E-state index is 6.04. The molecule has 2 nitrogen and oxygen atoms in total. The van der Waals surface area contributed by atoms with Crippen LogP contribution in [0.1, 0.15) is 42.9 Å². The zero-order valence-electron chi connectivity index (χ0n) is 11.8. The van der Waals surface area contributed by atoms with Crippen LogP contribution in [-0.2, 0) is 6.42 Å². The summed E-state index contributed by atoms with van der Waals surface area (Å²) in [6, 6.07) is 4.68. The fraction of sp³-hybridized carbons (Fsp3) is 0.625. The van der Waals surface area contributed by atoms with E-state index in [4.69, 9.17) is 10.5 Å². The Kier molecular flexibility index (Phi) is 4.28. The third-order valence-electron chi connectivity index (χ3n) is 3.81. The van der Waals surface area contributed by atoms with Crippen LogP contribution in [0.15, 0.2) is 12.1 Å². The van der Waals surface area contributed by atoms with Crippen LogP contribution in [0.25, 0.3) is 0 Å². The van der Waals surface area contributed by atoms with Crippen molar-refractivity contribution in [2.75, 3.05) is 6.61 Å². The van der Waals surface area contributed by atoms with Crippen molar-refractivity contribution in [2.24, 2.45) is 11.7 Å². The van der Waals surface area contributed by atoms with Gasteiger partial charge in [-0.2, -0.15) is 0 Å². The fourth-order valence-corrected chi connectivity index (χ4v) is 2.14. The number of hydrogen-bond donors (Lipinski definition) is 1. The van der Waals surface area contributed by atoms with Crippen molar-refractivity contribution in [2.45, 2.75) is 52.5 Å². The highest BCUT2D eigenvalue weighted by Gasteiger charge is 2.22. The summed E-state index contributed by atoms with van der Waals surface area (Å²) in [7, 11) is 0. The lowest BCUT2D eigenvalue weighted by Crippen LogP contribution is -2.22. The van der Waals surface area contributed by atoms with E-state index in [1.165, 1.54) is 29.5 Å². The van der Waals surface area contributed by atoms with Gasteiger partial charge in [0.1, 0.15) is 5.75 Å². The lowest BCUT2D eigenvalue weighted by atomic mass is 9.97. The summed E-state index contributed by atoms with van der Waals surface area (Å²) in [5.74, 6) is 1.85. The molecule has 1 aromatic rings. The average Bonchev–Trinajstić information content (AvgIpc) is 3.15. The molecule has 0 radical (unpaired) electrons. The van der Waals surface area contributed by atoms with Gasteiger partial charge in [-0.3, -0.25) is 0 Å². The van der Waals surface area contributed by atoms with Crippen molar-refractivity contribution in [1.29, 1.82) is 0 Å². The van der Waals surface area contributed by atoms with Gasteiger partial charge < -0.3 is 10.5 Å². The lowest BCUT2D eigenvalue weighted by molar-refractivity contribution is 0.297. The predicted molar refractivity (Wildman–Crippen MR) is 76.1 cm³/mol. The van der Waals surface area contributed by atoms with Crippen molar-refractivity contribution < 1.29 is 4.74 Å². The topological polar surface area (TPSA) is 35.2 Å². The van der Waals surface area contributed by atoms with Gasteiger partial charge in [0.15, 0.2) is 0 Å². The smallest absolute Gasteiger partial charge is 0.122 e. The second-order valence-electron chi connectivity index (χ2n) is 5.67. The molecule has 0 heterocycles. The average molecular weight is 247 g/mol. The van der Waals surface area contributed by atoms with Crippen molar-refractivity contribution in [3.05, 3.63) is 28.8 Å². The van der Waals surface area contributed by atoms with E-state index in [0.29, 0.717) is 0 Å². The molecule has 0 aromatic heterocycles. The molecule has 0 bridgehead atoms. The van der Waals surface area contributed by atoms with E-state index in [2.05, 4.69) is 32.9 Å². The van der Waals surface area contributed by atoms with Crippen LogP contribution < -0.4 is 10.5 Å². The SMILES string of the molecule is CCC(N)Cc1cc(C)c(OCC2CC2)cc1C. The molecule has 2 N–H and O–H groups in total. The van der Waals surface area contributed by atoms with Crippen LogP contribution in [0.5, 0.6) is 5.75 Å². The van der Waals surface area contributed by atoms with Gasteiger partial charge in [0, 0.05) is 6.04 Å². The molecule has 1 fully saturated rings. The zero-order chi connectivity index (χ0) is 13.1. The fourth-order valence-electron chi connectivity index (χ4n) is 2.14. The maximum atomic E-state index is 6.04. The molecule has 0 saturated heterocycles. The summed E-state index contributed by atoms with van der Waals surface area (Å²) in [6.45, 7) is 7.30. The second kappa shape index (κ2) is 5.75. The quantitative estimate of drug-likeness (QED) is 0.836. The molecule has 1 aromatic carbocycles. The summed E-state index contributed by atoms with van der Waals surface area (Å²) >= 11 is 0. The summed E-state index contributed by atoms with van der Waals surface area (Å²) in [5, 5.41) is 0. The molecule has 1 saturated carbocycles. The predicted octanol–water partition coefficient (Wildman–Crippen LogP) is 3.37. The van der Waals surface area contributed by atoms with Gasteiger partial charge in [-0.25, -0.2) is 0 Å². The molecule has 100 valence electrons. The van der Waals surface area contributed by atoms with Crippen LogP contribution in [0.2, 0.25) is 0 Å². The van der Waals surface area contributed by atoms with Crippen molar-refractivity contribution in [3.63, 3.8) is 0 Å². The first-order valence-electron chi connectivity index (χ1n) is 7.08. The number of aryl methyl sites for hydroxylation is 2. The zero-order valence-corrected chi connectivity index (χ0v) is 11.8. The molecule has 1 aliphatic rings. The normalized spacial score (nSPS) is 16.7. The standard InChI is InChI=1S/C16H25NO/c1-4-15(17)9-14-7-12(3)16(8-11(14)2)18-10-13-5-6-13/h7-8,13,15H,4-6,9-10,17H2,1-3H3. The summed E-state index contributed by atoms with van der Waals surface area (Å²) in [6.07, 6.45) is 4.66. The number of benzene rings is 1. The van der Waals surface area contributed by atoms with Crippen molar-refractivity contribution in [1.82, 2.24) is 0 Å². The molecule has 2 heteroatoms. The van der Waals surface area contributed by atoms with E-state index in [1.807, 2.05) is 0 Å². The van der Waals surface area contributed by atoms with E-state index >= 15 is 0 Å². The minimum Gasteiger partial charge on any atom is -0.493 e. The van der Waals surface area contributed by atoms with Crippen molar-refractivity contribution >= 4 is 0 Å². The molecular formula is C16H25NO. The Morgan fingerprint density at radius 1 is 1.28 bits per heavy atom. The number of ether oxygens (including phenoxy) is 1. The molecule has 2 rings (SSSR count). The minimum absolute atomic E-state index is 0.265. The van der Waals surface area contributed by atoms with E-state index in [1.54, 1.807) is 0 Å². The Balaban J connectivity index is 2.06. The molecule has 1 atom stereocenters. The summed E-state index contributed by atoms with van der Waals surface area (Å²) in [4.78, 5) is 0. The molecule has 18 heavy (non-hydrogen) atoms. The van der Waals surface area contributed by atoms with E-state index in [9.17, 15) is 0 Å². The molecule has 0 aliphatic heterocycles. The molecule has 1 unspecified atom stereocenters. The number of hydrogen-bond acceptors (Lipinski definition) is 2. The Morgan fingerprint density at radius 3 is 2.61 bits per heavy atom. The lowest BCUT2D eigenvalue weighted by Gasteiger charge is -2.15. The van der Waals surface area contributed by atoms with Gasteiger partial charge in [-0.15, -0.1) is 0 Å². The van der Waals surface area contributed by atoms with E-state index in [0.717, 1.165) is 31.1 Å². The summed E-state index contributed by atoms with van der Waals surface area (Å²) < 4.78 is 5.90. The van der Waals surface area contributed by atoms with E-state index < -0.39 is 0 Å². The van der Waals surface area contributed by atoms with Crippen LogP contribution >= 0.6 is 0 Å². The van der Waals surface area contributed by atoms with Crippen LogP contribution in [0.4, 0.5) is 0 Å². The highest BCUT2D eigenvalue weighted by molar-refractivity contribution is 5.42. The molecule has 0 spiro atoms. The molecule has 1 aliphatic carbocycles. The Bertz CT molecular complexity index is 410. The van der Waals surface area contributed by atoms with Crippen LogP contribution in [0, 0.1) is 19.8 Å². The van der Waals surface area contributed by atoms with Gasteiger partial charge in [-0.05, 0) is 68.2 Å². The monoisotopic (exact) mass is 247 g/mol. The van der Waals surface area contributed by atoms with Crippen LogP contribution in [0.3, 0.4) is 0 Å².